The van der Waals surface area contributed by atoms with E-state index in [2.05, 4.69) is 17.5 Å². The SMILES string of the molecule is CCc1ccc(C(=O)N/N=C(/C)c2cccc(N)c2)cc1. The van der Waals surface area contributed by atoms with E-state index >= 15 is 0 Å². The maximum atomic E-state index is 12.0. The van der Waals surface area contributed by atoms with Crippen molar-refractivity contribution in [2.45, 2.75) is 20.3 Å². The summed E-state index contributed by atoms with van der Waals surface area (Å²) in [6, 6.07) is 14.9. The largest absolute Gasteiger partial charge is 0.399 e. The van der Waals surface area contributed by atoms with E-state index in [1.54, 1.807) is 12.1 Å². The van der Waals surface area contributed by atoms with Crippen LogP contribution in [-0.2, 0) is 6.42 Å². The molecule has 0 unspecified atom stereocenters. The minimum absolute atomic E-state index is 0.221. The van der Waals surface area contributed by atoms with E-state index in [1.807, 2.05) is 43.3 Å². The molecule has 0 aliphatic rings. The molecule has 0 spiro atoms. The van der Waals surface area contributed by atoms with Gasteiger partial charge < -0.3 is 5.73 Å². The lowest BCUT2D eigenvalue weighted by Crippen LogP contribution is -2.19. The summed E-state index contributed by atoms with van der Waals surface area (Å²) in [7, 11) is 0. The Labute approximate surface area is 124 Å². The Morgan fingerprint density at radius 1 is 1.14 bits per heavy atom. The van der Waals surface area contributed by atoms with Crippen LogP contribution in [0.3, 0.4) is 0 Å². The summed E-state index contributed by atoms with van der Waals surface area (Å²) in [4.78, 5) is 12.0. The van der Waals surface area contributed by atoms with E-state index < -0.39 is 0 Å². The highest BCUT2D eigenvalue weighted by Crippen LogP contribution is 2.08. The Kier molecular flexibility index (Phi) is 4.72. The number of hydrazone groups is 1. The fourth-order valence-electron chi connectivity index (χ4n) is 1.92. The van der Waals surface area contributed by atoms with Gasteiger partial charge in [0.05, 0.1) is 5.71 Å². The van der Waals surface area contributed by atoms with E-state index in [0.29, 0.717) is 17.0 Å². The monoisotopic (exact) mass is 281 g/mol. The average molecular weight is 281 g/mol. The van der Waals surface area contributed by atoms with Gasteiger partial charge in [0, 0.05) is 11.3 Å². The van der Waals surface area contributed by atoms with Gasteiger partial charge in [-0.3, -0.25) is 4.79 Å². The van der Waals surface area contributed by atoms with Crippen molar-refractivity contribution in [2.75, 3.05) is 5.73 Å². The van der Waals surface area contributed by atoms with Gasteiger partial charge in [-0.15, -0.1) is 0 Å². The highest BCUT2D eigenvalue weighted by atomic mass is 16.2. The number of nitrogens with zero attached hydrogens (tertiary/aromatic N) is 1. The fraction of sp³-hybridized carbons (Fsp3) is 0.176. The number of carbonyl (C=O) groups is 1. The lowest BCUT2D eigenvalue weighted by Gasteiger charge is -2.04. The van der Waals surface area contributed by atoms with Gasteiger partial charge in [-0.25, -0.2) is 5.43 Å². The van der Waals surface area contributed by atoms with Crippen molar-refractivity contribution in [2.24, 2.45) is 5.10 Å². The summed E-state index contributed by atoms with van der Waals surface area (Å²) < 4.78 is 0. The third-order valence-corrected chi connectivity index (χ3v) is 3.25. The quantitative estimate of drug-likeness (QED) is 0.514. The maximum Gasteiger partial charge on any atom is 0.271 e. The first kappa shape index (κ1) is 14.8. The van der Waals surface area contributed by atoms with Crippen LogP contribution in [0.25, 0.3) is 0 Å². The third-order valence-electron chi connectivity index (χ3n) is 3.25. The van der Waals surface area contributed by atoms with Crippen LogP contribution in [0.4, 0.5) is 5.69 Å². The molecular formula is C17H19N3O. The Morgan fingerprint density at radius 3 is 2.48 bits per heavy atom. The van der Waals surface area contributed by atoms with Crippen molar-refractivity contribution in [1.29, 1.82) is 0 Å². The number of rotatable bonds is 4. The van der Waals surface area contributed by atoms with Crippen molar-refractivity contribution in [1.82, 2.24) is 5.43 Å². The molecule has 2 aromatic carbocycles. The van der Waals surface area contributed by atoms with E-state index in [4.69, 9.17) is 5.73 Å². The number of nitrogens with two attached hydrogens (primary N) is 1. The summed E-state index contributed by atoms with van der Waals surface area (Å²) >= 11 is 0. The average Bonchev–Trinajstić information content (AvgIpc) is 2.52. The van der Waals surface area contributed by atoms with Gasteiger partial charge in [0.2, 0.25) is 0 Å². The van der Waals surface area contributed by atoms with Crippen molar-refractivity contribution in [3.8, 4) is 0 Å². The number of hydrogen-bond acceptors (Lipinski definition) is 3. The molecule has 0 saturated carbocycles. The molecule has 0 fully saturated rings. The number of carbonyl (C=O) groups excluding carboxylic acids is 1. The predicted octanol–water partition coefficient (Wildman–Crippen LogP) is 2.99. The van der Waals surface area contributed by atoms with E-state index in [9.17, 15) is 4.79 Å². The first-order valence-electron chi connectivity index (χ1n) is 6.89. The maximum absolute atomic E-state index is 12.0. The zero-order valence-corrected chi connectivity index (χ0v) is 12.3. The molecule has 0 heterocycles. The molecule has 2 aromatic rings. The zero-order chi connectivity index (χ0) is 15.2. The molecule has 0 saturated heterocycles. The fourth-order valence-corrected chi connectivity index (χ4v) is 1.92. The normalized spacial score (nSPS) is 11.2. The van der Waals surface area contributed by atoms with Gasteiger partial charge in [-0.05, 0) is 48.7 Å². The summed E-state index contributed by atoms with van der Waals surface area (Å²) in [5.41, 5.74) is 12.3. The zero-order valence-electron chi connectivity index (χ0n) is 12.3. The van der Waals surface area contributed by atoms with Crippen LogP contribution < -0.4 is 11.2 Å². The molecule has 0 atom stereocenters. The molecule has 0 radical (unpaired) electrons. The molecule has 3 N–H and O–H groups in total. The van der Waals surface area contributed by atoms with Gasteiger partial charge in [0.1, 0.15) is 0 Å². The van der Waals surface area contributed by atoms with Crippen LogP contribution in [0.2, 0.25) is 0 Å². The third kappa shape index (κ3) is 3.92. The van der Waals surface area contributed by atoms with E-state index in [1.165, 1.54) is 5.56 Å². The highest BCUT2D eigenvalue weighted by molar-refractivity contribution is 6.01. The molecule has 21 heavy (non-hydrogen) atoms. The molecule has 0 aromatic heterocycles. The second-order valence-electron chi connectivity index (χ2n) is 4.81. The molecule has 1 amide bonds. The molecule has 0 aliphatic carbocycles. The summed E-state index contributed by atoms with van der Waals surface area (Å²) in [6.45, 7) is 3.91. The van der Waals surface area contributed by atoms with Crippen molar-refractivity contribution in [3.05, 3.63) is 65.2 Å². The second-order valence-corrected chi connectivity index (χ2v) is 4.81. The van der Waals surface area contributed by atoms with Gasteiger partial charge >= 0.3 is 0 Å². The Morgan fingerprint density at radius 2 is 1.86 bits per heavy atom. The van der Waals surface area contributed by atoms with Crippen molar-refractivity contribution in [3.63, 3.8) is 0 Å². The van der Waals surface area contributed by atoms with Crippen LogP contribution in [0.1, 0.15) is 35.3 Å². The Hall–Kier alpha value is -2.62. The smallest absolute Gasteiger partial charge is 0.271 e. The topological polar surface area (TPSA) is 67.5 Å². The first-order valence-corrected chi connectivity index (χ1v) is 6.89. The number of amides is 1. The molecule has 2 rings (SSSR count). The molecule has 4 nitrogen and oxygen atoms in total. The number of anilines is 1. The minimum atomic E-state index is -0.221. The van der Waals surface area contributed by atoms with E-state index in [0.717, 1.165) is 12.0 Å². The highest BCUT2D eigenvalue weighted by Gasteiger charge is 2.05. The summed E-state index contributed by atoms with van der Waals surface area (Å²) in [5.74, 6) is -0.221. The van der Waals surface area contributed by atoms with Crippen LogP contribution in [-0.4, -0.2) is 11.6 Å². The van der Waals surface area contributed by atoms with Crippen LogP contribution in [0.15, 0.2) is 53.6 Å². The second kappa shape index (κ2) is 6.70. The Balaban J connectivity index is 2.06. The molecule has 0 bridgehead atoms. The lowest BCUT2D eigenvalue weighted by molar-refractivity contribution is 0.0955. The minimum Gasteiger partial charge on any atom is -0.399 e. The van der Waals surface area contributed by atoms with Crippen LogP contribution >= 0.6 is 0 Å². The number of hydrogen-bond donors (Lipinski definition) is 2. The van der Waals surface area contributed by atoms with Crippen LogP contribution in [0.5, 0.6) is 0 Å². The Bertz CT molecular complexity index is 660. The molecular weight excluding hydrogens is 262 g/mol. The summed E-state index contributed by atoms with van der Waals surface area (Å²) in [5, 5.41) is 4.12. The van der Waals surface area contributed by atoms with Crippen molar-refractivity contribution >= 4 is 17.3 Å². The standard InChI is InChI=1S/C17H19N3O/c1-3-13-7-9-14(10-8-13)17(21)20-19-12(2)15-5-4-6-16(18)11-15/h4-11H,3,18H2,1-2H3,(H,20,21)/b19-12-. The van der Waals surface area contributed by atoms with Crippen LogP contribution in [0, 0.1) is 0 Å². The van der Waals surface area contributed by atoms with Crippen molar-refractivity contribution < 1.29 is 4.79 Å². The molecule has 4 heteroatoms. The van der Waals surface area contributed by atoms with Gasteiger partial charge in [0.25, 0.3) is 5.91 Å². The number of benzene rings is 2. The van der Waals surface area contributed by atoms with E-state index in [-0.39, 0.29) is 5.91 Å². The predicted molar refractivity (Wildman–Crippen MR) is 86.4 cm³/mol. The number of nitrogen functional groups attached to an aromatic ring is 1. The number of nitrogens with one attached hydrogen (secondary N) is 1. The molecule has 108 valence electrons. The first-order chi connectivity index (χ1) is 10.1. The number of aryl methyl sites for hydroxylation is 1. The van der Waals surface area contributed by atoms with Gasteiger partial charge in [0.15, 0.2) is 0 Å². The molecule has 0 aliphatic heterocycles. The van der Waals surface area contributed by atoms with Gasteiger partial charge in [-0.1, -0.05) is 31.2 Å². The van der Waals surface area contributed by atoms with Gasteiger partial charge in [-0.2, -0.15) is 5.10 Å². The summed E-state index contributed by atoms with van der Waals surface area (Å²) in [6.07, 6.45) is 0.953. The lowest BCUT2D eigenvalue weighted by atomic mass is 10.1.